The van der Waals surface area contributed by atoms with Crippen molar-refractivity contribution in [2.24, 2.45) is 0 Å². The van der Waals surface area contributed by atoms with Crippen LogP contribution in [0.2, 0.25) is 0 Å². The van der Waals surface area contributed by atoms with Crippen molar-refractivity contribution in [3.8, 4) is 0 Å². The van der Waals surface area contributed by atoms with Crippen LogP contribution < -0.4 is 5.32 Å². The van der Waals surface area contributed by atoms with Crippen LogP contribution in [0, 0.1) is 6.92 Å². The molecule has 0 spiro atoms. The van der Waals surface area contributed by atoms with E-state index in [9.17, 15) is 4.21 Å². The number of hydrogen-bond donors (Lipinski definition) is 1. The molecule has 2 heterocycles. The third-order valence-electron chi connectivity index (χ3n) is 2.53. The van der Waals surface area contributed by atoms with Crippen molar-refractivity contribution >= 4 is 16.6 Å². The number of aromatic nitrogens is 2. The maximum absolute atomic E-state index is 11.2. The van der Waals surface area contributed by atoms with Gasteiger partial charge in [-0.15, -0.1) is 5.10 Å². The van der Waals surface area contributed by atoms with Crippen molar-refractivity contribution in [1.82, 2.24) is 10.2 Å². The Bertz CT molecular complexity index is 359. The molecule has 1 aliphatic heterocycles. The number of hydrogen-bond acceptors (Lipinski definition) is 4. The molecule has 0 aliphatic carbocycles. The number of anilines is 1. The van der Waals surface area contributed by atoms with Crippen LogP contribution in [-0.4, -0.2) is 32.0 Å². The molecule has 15 heavy (non-hydrogen) atoms. The van der Waals surface area contributed by atoms with E-state index in [2.05, 4.69) is 15.5 Å². The van der Waals surface area contributed by atoms with Crippen LogP contribution in [0.3, 0.4) is 0 Å². The van der Waals surface area contributed by atoms with Crippen LogP contribution in [-0.2, 0) is 10.8 Å². The molecule has 1 aromatic rings. The van der Waals surface area contributed by atoms with Crippen LogP contribution >= 0.6 is 0 Å². The lowest BCUT2D eigenvalue weighted by atomic mass is 10.1. The van der Waals surface area contributed by atoms with Crippen molar-refractivity contribution < 1.29 is 4.21 Å². The monoisotopic (exact) mass is 225 g/mol. The third-order valence-corrected chi connectivity index (χ3v) is 3.91. The van der Waals surface area contributed by atoms with Gasteiger partial charge in [0.25, 0.3) is 0 Å². The van der Waals surface area contributed by atoms with Crippen LogP contribution in [0.4, 0.5) is 5.82 Å². The molecule has 4 nitrogen and oxygen atoms in total. The minimum absolute atomic E-state index is 0.402. The Morgan fingerprint density at radius 3 is 2.87 bits per heavy atom. The summed E-state index contributed by atoms with van der Waals surface area (Å²) >= 11 is 0. The SMILES string of the molecule is Cc1cnnc(NC2CCS(=O)CC2)c1. The summed E-state index contributed by atoms with van der Waals surface area (Å²) in [6, 6.07) is 2.39. The summed E-state index contributed by atoms with van der Waals surface area (Å²) in [5.74, 6) is 2.43. The summed E-state index contributed by atoms with van der Waals surface area (Å²) in [4.78, 5) is 0. The van der Waals surface area contributed by atoms with Gasteiger partial charge in [0.2, 0.25) is 0 Å². The second-order valence-corrected chi connectivity index (χ2v) is 5.58. The second-order valence-electron chi connectivity index (χ2n) is 3.88. The van der Waals surface area contributed by atoms with E-state index in [1.54, 1.807) is 6.20 Å². The van der Waals surface area contributed by atoms with Crippen LogP contribution in [0.15, 0.2) is 12.3 Å². The van der Waals surface area contributed by atoms with Gasteiger partial charge in [-0.25, -0.2) is 0 Å². The van der Waals surface area contributed by atoms with Crippen LogP contribution in [0.25, 0.3) is 0 Å². The first-order chi connectivity index (χ1) is 7.24. The summed E-state index contributed by atoms with van der Waals surface area (Å²) in [5.41, 5.74) is 1.10. The average molecular weight is 225 g/mol. The first-order valence-electron chi connectivity index (χ1n) is 5.15. The van der Waals surface area contributed by atoms with Crippen molar-refractivity contribution in [2.75, 3.05) is 16.8 Å². The Balaban J connectivity index is 1.94. The summed E-state index contributed by atoms with van der Waals surface area (Å²) in [6.07, 6.45) is 3.66. The Morgan fingerprint density at radius 2 is 2.20 bits per heavy atom. The highest BCUT2D eigenvalue weighted by atomic mass is 32.2. The zero-order chi connectivity index (χ0) is 10.7. The van der Waals surface area contributed by atoms with Gasteiger partial charge in [0, 0.05) is 28.3 Å². The summed E-state index contributed by atoms with van der Waals surface area (Å²) < 4.78 is 11.2. The van der Waals surface area contributed by atoms with Crippen molar-refractivity contribution in [1.29, 1.82) is 0 Å². The molecule has 1 fully saturated rings. The van der Waals surface area contributed by atoms with E-state index in [0.717, 1.165) is 35.7 Å². The van der Waals surface area contributed by atoms with E-state index < -0.39 is 10.8 Å². The van der Waals surface area contributed by atoms with Gasteiger partial charge in [-0.3, -0.25) is 4.21 Å². The van der Waals surface area contributed by atoms with Gasteiger partial charge in [-0.05, 0) is 31.4 Å². The smallest absolute Gasteiger partial charge is 0.149 e. The molecule has 0 saturated carbocycles. The number of aryl methyl sites for hydroxylation is 1. The average Bonchev–Trinajstić information content (AvgIpc) is 2.22. The van der Waals surface area contributed by atoms with Crippen LogP contribution in [0.5, 0.6) is 0 Å². The molecule has 2 rings (SSSR count). The predicted molar refractivity (Wildman–Crippen MR) is 61.3 cm³/mol. The van der Waals surface area contributed by atoms with E-state index in [4.69, 9.17) is 0 Å². The summed E-state index contributed by atoms with van der Waals surface area (Å²) in [5, 5.41) is 11.2. The molecule has 82 valence electrons. The molecule has 1 aliphatic rings. The van der Waals surface area contributed by atoms with Gasteiger partial charge < -0.3 is 5.32 Å². The van der Waals surface area contributed by atoms with E-state index in [1.807, 2.05) is 13.0 Å². The fourth-order valence-corrected chi connectivity index (χ4v) is 2.98. The minimum atomic E-state index is -0.599. The fraction of sp³-hybridized carbons (Fsp3) is 0.600. The fourth-order valence-electron chi connectivity index (χ4n) is 1.68. The zero-order valence-electron chi connectivity index (χ0n) is 8.77. The van der Waals surface area contributed by atoms with Crippen molar-refractivity contribution in [3.05, 3.63) is 17.8 Å². The number of rotatable bonds is 2. The van der Waals surface area contributed by atoms with Gasteiger partial charge >= 0.3 is 0 Å². The molecule has 0 radical (unpaired) electrons. The van der Waals surface area contributed by atoms with Crippen molar-refractivity contribution in [3.63, 3.8) is 0 Å². The molecule has 0 unspecified atom stereocenters. The Kier molecular flexibility index (Phi) is 3.30. The molecule has 1 N–H and O–H groups in total. The van der Waals surface area contributed by atoms with Crippen LogP contribution in [0.1, 0.15) is 18.4 Å². The Labute approximate surface area is 91.9 Å². The second kappa shape index (κ2) is 4.70. The molecule has 0 amide bonds. The van der Waals surface area contributed by atoms with Gasteiger partial charge in [-0.2, -0.15) is 5.10 Å². The molecule has 0 atom stereocenters. The van der Waals surface area contributed by atoms with E-state index >= 15 is 0 Å². The standard InChI is InChI=1S/C10H15N3OS/c1-8-6-10(13-11-7-8)12-9-2-4-15(14)5-3-9/h6-7,9H,2-5H2,1H3,(H,12,13). The highest BCUT2D eigenvalue weighted by Crippen LogP contribution is 2.14. The maximum atomic E-state index is 11.2. The molecule has 0 aromatic carbocycles. The third kappa shape index (κ3) is 2.99. The molecule has 0 bridgehead atoms. The normalized spacial score (nSPS) is 26.2. The van der Waals surface area contributed by atoms with Gasteiger partial charge in [-0.1, -0.05) is 0 Å². The Morgan fingerprint density at radius 1 is 1.47 bits per heavy atom. The number of nitrogens with one attached hydrogen (secondary N) is 1. The first-order valence-corrected chi connectivity index (χ1v) is 6.64. The maximum Gasteiger partial charge on any atom is 0.149 e. The molecule has 1 saturated heterocycles. The van der Waals surface area contributed by atoms with E-state index in [-0.39, 0.29) is 0 Å². The number of nitrogens with zero attached hydrogens (tertiary/aromatic N) is 2. The zero-order valence-corrected chi connectivity index (χ0v) is 9.59. The first kappa shape index (κ1) is 10.5. The molecule has 5 heteroatoms. The molecule has 1 aromatic heterocycles. The molecular weight excluding hydrogens is 210 g/mol. The summed E-state index contributed by atoms with van der Waals surface area (Å²) in [7, 11) is -0.599. The minimum Gasteiger partial charge on any atom is -0.366 e. The van der Waals surface area contributed by atoms with E-state index in [0.29, 0.717) is 6.04 Å². The van der Waals surface area contributed by atoms with Crippen molar-refractivity contribution in [2.45, 2.75) is 25.8 Å². The highest BCUT2D eigenvalue weighted by Gasteiger charge is 2.17. The molecular formula is C10H15N3OS. The lowest BCUT2D eigenvalue weighted by molar-refractivity contribution is 0.621. The lowest BCUT2D eigenvalue weighted by Crippen LogP contribution is -2.29. The lowest BCUT2D eigenvalue weighted by Gasteiger charge is -2.22. The topological polar surface area (TPSA) is 54.9 Å². The van der Waals surface area contributed by atoms with Gasteiger partial charge in [0.15, 0.2) is 0 Å². The Hall–Kier alpha value is -0.970. The predicted octanol–water partition coefficient (Wildman–Crippen LogP) is 1.11. The largest absolute Gasteiger partial charge is 0.366 e. The van der Waals surface area contributed by atoms with Gasteiger partial charge in [0.1, 0.15) is 5.82 Å². The van der Waals surface area contributed by atoms with E-state index in [1.165, 1.54) is 0 Å². The summed E-state index contributed by atoms with van der Waals surface area (Å²) in [6.45, 7) is 2.00. The quantitative estimate of drug-likeness (QED) is 0.819. The highest BCUT2D eigenvalue weighted by molar-refractivity contribution is 7.85. The van der Waals surface area contributed by atoms with Gasteiger partial charge in [0.05, 0.1) is 6.20 Å².